The van der Waals surface area contributed by atoms with Gasteiger partial charge in [0.05, 0.1) is 5.69 Å². The zero-order valence-corrected chi connectivity index (χ0v) is 9.04. The highest BCUT2D eigenvalue weighted by atomic mass is 19.3. The summed E-state index contributed by atoms with van der Waals surface area (Å²) in [5, 5.41) is 11.0. The Labute approximate surface area is 96.2 Å². The number of aliphatic hydroxyl groups is 1. The lowest BCUT2D eigenvalue weighted by atomic mass is 10.1. The smallest absolute Gasteiger partial charge is 0.295 e. The molecule has 1 aliphatic rings. The fraction of sp³-hybridized carbons (Fsp3) is 0.364. The van der Waals surface area contributed by atoms with E-state index in [0.29, 0.717) is 5.75 Å². The van der Waals surface area contributed by atoms with Crippen molar-refractivity contribution in [2.75, 3.05) is 11.9 Å². The molecule has 0 bridgehead atoms. The molecule has 2 N–H and O–H groups in total. The van der Waals surface area contributed by atoms with Gasteiger partial charge in [-0.2, -0.15) is 8.78 Å². The van der Waals surface area contributed by atoms with E-state index in [1.54, 1.807) is 6.92 Å². The van der Waals surface area contributed by atoms with Crippen molar-refractivity contribution in [1.82, 2.24) is 0 Å². The summed E-state index contributed by atoms with van der Waals surface area (Å²) in [4.78, 5) is 11.3. The van der Waals surface area contributed by atoms with Crippen molar-refractivity contribution in [1.29, 1.82) is 0 Å². The molecule has 1 aromatic carbocycles. The third kappa shape index (κ3) is 2.08. The van der Waals surface area contributed by atoms with Gasteiger partial charge in [0.25, 0.3) is 11.8 Å². The Kier molecular flexibility index (Phi) is 2.74. The summed E-state index contributed by atoms with van der Waals surface area (Å²) in [5.74, 6) is -3.38. The lowest BCUT2D eigenvalue weighted by Gasteiger charge is -2.24. The lowest BCUT2D eigenvalue weighted by molar-refractivity contribution is -0.122. The highest BCUT2D eigenvalue weighted by molar-refractivity contribution is 5.97. The molecule has 0 aliphatic carbocycles. The fourth-order valence-electron chi connectivity index (χ4n) is 1.53. The molecule has 17 heavy (non-hydrogen) atoms. The lowest BCUT2D eigenvalue weighted by Crippen LogP contribution is -2.34. The first kappa shape index (κ1) is 11.8. The number of carbonyl (C=O) groups excluding carboxylic acids is 1. The number of aliphatic hydroxyl groups excluding tert-OH is 1. The number of nitrogens with one attached hydrogen (secondary N) is 1. The molecule has 92 valence electrons. The summed E-state index contributed by atoms with van der Waals surface area (Å²) < 4.78 is 31.7. The van der Waals surface area contributed by atoms with Crippen molar-refractivity contribution in [3.8, 4) is 5.75 Å². The third-order valence-electron chi connectivity index (χ3n) is 2.53. The largest absolute Gasteiger partial charge is 0.479 e. The summed E-state index contributed by atoms with van der Waals surface area (Å²) in [5.41, 5.74) is -0.170. The number of fused-ring (bicyclic) bond motifs is 1. The van der Waals surface area contributed by atoms with E-state index in [0.717, 1.165) is 6.07 Å². The van der Waals surface area contributed by atoms with Gasteiger partial charge in [-0.25, -0.2) is 0 Å². The van der Waals surface area contributed by atoms with E-state index < -0.39 is 18.6 Å². The van der Waals surface area contributed by atoms with Gasteiger partial charge in [-0.05, 0) is 25.1 Å². The average molecular weight is 243 g/mol. The normalized spacial score (nSPS) is 19.3. The van der Waals surface area contributed by atoms with Gasteiger partial charge in [0.1, 0.15) is 12.4 Å². The topological polar surface area (TPSA) is 58.6 Å². The Morgan fingerprint density at radius 2 is 2.24 bits per heavy atom. The van der Waals surface area contributed by atoms with Crippen molar-refractivity contribution in [2.24, 2.45) is 0 Å². The number of carbonyl (C=O) groups is 1. The quantitative estimate of drug-likeness (QED) is 0.827. The minimum absolute atomic E-state index is 0.193. The Bertz CT molecular complexity index is 462. The molecular weight excluding hydrogens is 232 g/mol. The van der Waals surface area contributed by atoms with Gasteiger partial charge in [-0.15, -0.1) is 0 Å². The van der Waals surface area contributed by atoms with Gasteiger partial charge in [0.2, 0.25) is 0 Å². The maximum absolute atomic E-state index is 13.2. The number of halogens is 2. The Balaban J connectivity index is 2.38. The average Bonchev–Trinajstić information content (AvgIpc) is 2.30. The molecule has 0 radical (unpaired) electrons. The predicted molar refractivity (Wildman–Crippen MR) is 56.1 cm³/mol. The van der Waals surface area contributed by atoms with Crippen LogP contribution < -0.4 is 10.1 Å². The Morgan fingerprint density at radius 3 is 2.88 bits per heavy atom. The van der Waals surface area contributed by atoms with Crippen molar-refractivity contribution < 1.29 is 23.4 Å². The standard InChI is InChI=1S/C11H11F2NO3/c1-6-10(16)14-8-4-7(11(12,13)5-15)2-3-9(8)17-6/h2-4,6,15H,5H2,1H3,(H,14,16). The second-order valence-electron chi connectivity index (χ2n) is 3.82. The number of rotatable bonds is 2. The number of alkyl halides is 2. The van der Waals surface area contributed by atoms with Gasteiger partial charge in [-0.3, -0.25) is 4.79 Å². The predicted octanol–water partition coefficient (Wildman–Crippen LogP) is 1.49. The second kappa shape index (κ2) is 3.96. The number of hydrogen-bond donors (Lipinski definition) is 2. The van der Waals surface area contributed by atoms with Crippen LogP contribution in [0.5, 0.6) is 5.75 Å². The van der Waals surface area contributed by atoms with E-state index in [1.807, 2.05) is 0 Å². The zero-order valence-electron chi connectivity index (χ0n) is 9.04. The molecule has 0 aromatic heterocycles. The molecular formula is C11H11F2NO3. The summed E-state index contributed by atoms with van der Waals surface area (Å²) in [6.45, 7) is 0.283. The molecule has 6 heteroatoms. The van der Waals surface area contributed by atoms with E-state index in [-0.39, 0.29) is 17.2 Å². The molecule has 1 aromatic rings. The van der Waals surface area contributed by atoms with Crippen LogP contribution in [0, 0.1) is 0 Å². The van der Waals surface area contributed by atoms with Crippen molar-refractivity contribution >= 4 is 11.6 Å². The zero-order chi connectivity index (χ0) is 12.6. The van der Waals surface area contributed by atoms with Crippen LogP contribution in [0.15, 0.2) is 18.2 Å². The first-order valence-electron chi connectivity index (χ1n) is 5.05. The van der Waals surface area contributed by atoms with E-state index in [2.05, 4.69) is 5.32 Å². The van der Waals surface area contributed by atoms with Crippen LogP contribution >= 0.6 is 0 Å². The van der Waals surface area contributed by atoms with E-state index in [1.165, 1.54) is 12.1 Å². The van der Waals surface area contributed by atoms with Crippen LogP contribution in [0.3, 0.4) is 0 Å². The number of ether oxygens (including phenoxy) is 1. The fourth-order valence-corrected chi connectivity index (χ4v) is 1.53. The first-order chi connectivity index (χ1) is 7.94. The van der Waals surface area contributed by atoms with Crippen LogP contribution in [-0.2, 0) is 10.7 Å². The molecule has 1 heterocycles. The maximum atomic E-state index is 13.2. The molecule has 0 saturated carbocycles. The summed E-state index contributed by atoms with van der Waals surface area (Å²) in [6, 6.07) is 3.62. The first-order valence-corrected chi connectivity index (χ1v) is 5.05. The van der Waals surface area contributed by atoms with Gasteiger partial charge in [0, 0.05) is 5.56 Å². The van der Waals surface area contributed by atoms with Crippen LogP contribution in [0.4, 0.5) is 14.5 Å². The third-order valence-corrected chi connectivity index (χ3v) is 2.53. The minimum atomic E-state index is -3.33. The second-order valence-corrected chi connectivity index (χ2v) is 3.82. The van der Waals surface area contributed by atoms with Crippen LogP contribution in [0.1, 0.15) is 12.5 Å². The SMILES string of the molecule is CC1Oc2ccc(C(F)(F)CO)cc2NC1=O. The Morgan fingerprint density at radius 1 is 1.53 bits per heavy atom. The molecule has 1 atom stereocenters. The highest BCUT2D eigenvalue weighted by Crippen LogP contribution is 2.35. The molecule has 4 nitrogen and oxygen atoms in total. The van der Waals surface area contributed by atoms with Crippen LogP contribution in [0.25, 0.3) is 0 Å². The monoisotopic (exact) mass is 243 g/mol. The maximum Gasteiger partial charge on any atom is 0.295 e. The van der Waals surface area contributed by atoms with Crippen LogP contribution in [-0.4, -0.2) is 23.7 Å². The molecule has 0 saturated heterocycles. The van der Waals surface area contributed by atoms with Crippen LogP contribution in [0.2, 0.25) is 0 Å². The summed E-state index contributed by atoms with van der Waals surface area (Å²) in [6.07, 6.45) is -0.647. The molecule has 0 fully saturated rings. The highest BCUT2D eigenvalue weighted by Gasteiger charge is 2.32. The summed E-state index contributed by atoms with van der Waals surface area (Å²) in [7, 11) is 0. The van der Waals surface area contributed by atoms with Crippen molar-refractivity contribution in [3.05, 3.63) is 23.8 Å². The summed E-state index contributed by atoms with van der Waals surface area (Å²) >= 11 is 0. The van der Waals surface area contributed by atoms with E-state index >= 15 is 0 Å². The van der Waals surface area contributed by atoms with Crippen molar-refractivity contribution in [3.63, 3.8) is 0 Å². The molecule has 1 amide bonds. The molecule has 2 rings (SSSR count). The number of benzene rings is 1. The number of amides is 1. The van der Waals surface area contributed by atoms with Gasteiger partial charge in [0.15, 0.2) is 6.10 Å². The Hall–Kier alpha value is -1.69. The van der Waals surface area contributed by atoms with Gasteiger partial charge < -0.3 is 15.2 Å². The number of hydrogen-bond acceptors (Lipinski definition) is 3. The van der Waals surface area contributed by atoms with Crippen molar-refractivity contribution in [2.45, 2.75) is 19.0 Å². The van der Waals surface area contributed by atoms with E-state index in [9.17, 15) is 13.6 Å². The van der Waals surface area contributed by atoms with E-state index in [4.69, 9.17) is 9.84 Å². The molecule has 1 aliphatic heterocycles. The number of anilines is 1. The van der Waals surface area contributed by atoms with Gasteiger partial charge in [-0.1, -0.05) is 0 Å². The minimum Gasteiger partial charge on any atom is -0.479 e. The van der Waals surface area contributed by atoms with Gasteiger partial charge >= 0.3 is 0 Å². The molecule has 1 unspecified atom stereocenters. The molecule has 0 spiro atoms.